The van der Waals surface area contributed by atoms with Crippen LogP contribution in [0.4, 0.5) is 0 Å². The van der Waals surface area contributed by atoms with Gasteiger partial charge in [-0.1, -0.05) is 51.1 Å². The van der Waals surface area contributed by atoms with E-state index in [-0.39, 0.29) is 5.75 Å². The number of hydrogen-bond donors (Lipinski definition) is 1. The Morgan fingerprint density at radius 3 is 2.38 bits per heavy atom. The highest BCUT2D eigenvalue weighted by Crippen LogP contribution is 2.15. The van der Waals surface area contributed by atoms with Crippen LogP contribution in [0.1, 0.15) is 39.2 Å². The van der Waals surface area contributed by atoms with Crippen molar-refractivity contribution in [3.63, 3.8) is 0 Å². The van der Waals surface area contributed by atoms with Crippen molar-refractivity contribution in [1.82, 2.24) is 5.32 Å². The molecule has 0 aromatic heterocycles. The number of sulfone groups is 1. The minimum absolute atomic E-state index is 0.251. The summed E-state index contributed by atoms with van der Waals surface area (Å²) >= 11 is 0. The SMILES string of the molecule is CCS(=O)(=O)CCCC(CNC(C)C)Cc1ccccc1. The first-order valence-corrected chi connectivity index (χ1v) is 9.73. The van der Waals surface area contributed by atoms with Crippen molar-refractivity contribution in [3.05, 3.63) is 35.9 Å². The summed E-state index contributed by atoms with van der Waals surface area (Å²) in [5.74, 6) is 1.05. The van der Waals surface area contributed by atoms with Gasteiger partial charge < -0.3 is 5.32 Å². The van der Waals surface area contributed by atoms with Gasteiger partial charge in [0.05, 0.1) is 5.75 Å². The van der Waals surface area contributed by atoms with E-state index in [9.17, 15) is 8.42 Å². The van der Waals surface area contributed by atoms with Crippen molar-refractivity contribution in [2.24, 2.45) is 5.92 Å². The van der Waals surface area contributed by atoms with Gasteiger partial charge in [-0.25, -0.2) is 8.42 Å². The molecule has 0 saturated heterocycles. The lowest BCUT2D eigenvalue weighted by atomic mass is 9.95. The summed E-state index contributed by atoms with van der Waals surface area (Å²) in [5.41, 5.74) is 1.33. The van der Waals surface area contributed by atoms with Gasteiger partial charge in [0.15, 0.2) is 0 Å². The molecule has 4 heteroatoms. The van der Waals surface area contributed by atoms with E-state index >= 15 is 0 Å². The van der Waals surface area contributed by atoms with Crippen molar-refractivity contribution in [1.29, 1.82) is 0 Å². The van der Waals surface area contributed by atoms with Gasteiger partial charge in [0, 0.05) is 11.8 Å². The molecule has 0 bridgehead atoms. The standard InChI is InChI=1S/C17H29NO2S/c1-4-21(19,20)12-8-11-17(14-18-15(2)3)13-16-9-6-5-7-10-16/h5-7,9-10,15,17-18H,4,8,11-14H2,1-3H3. The first-order valence-electron chi connectivity index (χ1n) is 7.90. The fourth-order valence-corrected chi connectivity index (χ4v) is 3.26. The van der Waals surface area contributed by atoms with Gasteiger partial charge in [-0.15, -0.1) is 0 Å². The predicted octanol–water partition coefficient (Wildman–Crippen LogP) is 3.06. The zero-order valence-corrected chi connectivity index (χ0v) is 14.3. The van der Waals surface area contributed by atoms with Gasteiger partial charge in [0.1, 0.15) is 9.84 Å². The van der Waals surface area contributed by atoms with Gasteiger partial charge in [0.2, 0.25) is 0 Å². The molecule has 1 atom stereocenters. The second kappa shape index (κ2) is 9.21. The molecule has 21 heavy (non-hydrogen) atoms. The summed E-state index contributed by atoms with van der Waals surface area (Å²) in [7, 11) is -2.84. The smallest absolute Gasteiger partial charge is 0.150 e. The van der Waals surface area contributed by atoms with Crippen LogP contribution in [0.25, 0.3) is 0 Å². The minimum Gasteiger partial charge on any atom is -0.314 e. The van der Waals surface area contributed by atoms with E-state index < -0.39 is 9.84 Å². The third kappa shape index (κ3) is 8.22. The maximum absolute atomic E-state index is 11.6. The third-order valence-electron chi connectivity index (χ3n) is 3.69. The highest BCUT2D eigenvalue weighted by molar-refractivity contribution is 7.91. The Balaban J connectivity index is 2.52. The molecule has 0 amide bonds. The molecule has 1 unspecified atom stereocenters. The van der Waals surface area contributed by atoms with E-state index in [2.05, 4.69) is 43.4 Å². The van der Waals surface area contributed by atoms with Gasteiger partial charge in [-0.2, -0.15) is 0 Å². The molecular formula is C17H29NO2S. The van der Waals surface area contributed by atoms with Crippen molar-refractivity contribution in [2.75, 3.05) is 18.1 Å². The van der Waals surface area contributed by atoms with Crippen LogP contribution in [0.2, 0.25) is 0 Å². The largest absolute Gasteiger partial charge is 0.314 e. The normalized spacial score (nSPS) is 13.5. The van der Waals surface area contributed by atoms with Gasteiger partial charge >= 0.3 is 0 Å². The average molecular weight is 311 g/mol. The summed E-state index contributed by atoms with van der Waals surface area (Å²) in [5, 5.41) is 3.48. The van der Waals surface area contributed by atoms with E-state index in [0.717, 1.165) is 25.8 Å². The Morgan fingerprint density at radius 1 is 1.14 bits per heavy atom. The number of rotatable bonds is 10. The zero-order chi connectivity index (χ0) is 15.7. The van der Waals surface area contributed by atoms with E-state index in [1.165, 1.54) is 5.56 Å². The minimum atomic E-state index is -2.84. The van der Waals surface area contributed by atoms with Crippen LogP contribution < -0.4 is 5.32 Å². The monoisotopic (exact) mass is 311 g/mol. The Morgan fingerprint density at radius 2 is 1.81 bits per heavy atom. The summed E-state index contributed by atoms with van der Waals surface area (Å²) in [6.07, 6.45) is 2.72. The van der Waals surface area contributed by atoms with Crippen LogP contribution in [-0.4, -0.2) is 32.5 Å². The van der Waals surface area contributed by atoms with Gasteiger partial charge in [-0.05, 0) is 37.3 Å². The van der Waals surface area contributed by atoms with E-state index in [0.29, 0.717) is 17.7 Å². The summed E-state index contributed by atoms with van der Waals surface area (Å²) in [6, 6.07) is 10.9. The van der Waals surface area contributed by atoms with Crippen LogP contribution in [0.5, 0.6) is 0 Å². The van der Waals surface area contributed by atoms with Crippen LogP contribution in [0.15, 0.2) is 30.3 Å². The van der Waals surface area contributed by atoms with Crippen molar-refractivity contribution >= 4 is 9.84 Å². The van der Waals surface area contributed by atoms with Crippen molar-refractivity contribution < 1.29 is 8.42 Å². The fraction of sp³-hybridized carbons (Fsp3) is 0.647. The van der Waals surface area contributed by atoms with E-state index in [1.54, 1.807) is 6.92 Å². The van der Waals surface area contributed by atoms with Crippen molar-refractivity contribution in [3.8, 4) is 0 Å². The first kappa shape index (κ1) is 18.2. The molecule has 0 aliphatic carbocycles. The number of nitrogens with one attached hydrogen (secondary N) is 1. The number of benzene rings is 1. The topological polar surface area (TPSA) is 46.2 Å². The third-order valence-corrected chi connectivity index (χ3v) is 5.48. The Hall–Kier alpha value is -0.870. The van der Waals surface area contributed by atoms with Gasteiger partial charge in [0.25, 0.3) is 0 Å². The molecule has 0 spiro atoms. The second-order valence-corrected chi connectivity index (χ2v) is 8.47. The average Bonchev–Trinajstić information content (AvgIpc) is 2.45. The summed E-state index contributed by atoms with van der Waals surface area (Å²) < 4.78 is 23.2. The van der Waals surface area contributed by atoms with Crippen molar-refractivity contribution in [2.45, 2.75) is 46.1 Å². The number of hydrogen-bond acceptors (Lipinski definition) is 3. The molecule has 0 radical (unpaired) electrons. The Kier molecular flexibility index (Phi) is 7.97. The van der Waals surface area contributed by atoms with E-state index in [1.807, 2.05) is 6.07 Å². The molecule has 0 heterocycles. The van der Waals surface area contributed by atoms with Crippen LogP contribution in [0.3, 0.4) is 0 Å². The predicted molar refractivity (Wildman–Crippen MR) is 90.3 cm³/mol. The highest BCUT2D eigenvalue weighted by atomic mass is 32.2. The Bertz CT molecular complexity index is 483. The molecular weight excluding hydrogens is 282 g/mol. The zero-order valence-electron chi connectivity index (χ0n) is 13.5. The first-order chi connectivity index (χ1) is 9.93. The second-order valence-electron chi connectivity index (χ2n) is 6.00. The molecule has 120 valence electrons. The highest BCUT2D eigenvalue weighted by Gasteiger charge is 2.13. The van der Waals surface area contributed by atoms with Gasteiger partial charge in [-0.3, -0.25) is 0 Å². The molecule has 1 N–H and O–H groups in total. The maximum atomic E-state index is 11.6. The molecule has 0 aliphatic heterocycles. The molecule has 0 aliphatic rings. The van der Waals surface area contributed by atoms with Crippen LogP contribution in [0, 0.1) is 5.92 Å². The molecule has 1 aromatic rings. The lowest BCUT2D eigenvalue weighted by Gasteiger charge is -2.19. The lowest BCUT2D eigenvalue weighted by molar-refractivity contribution is 0.418. The molecule has 0 fully saturated rings. The summed E-state index contributed by atoms with van der Waals surface area (Å²) in [6.45, 7) is 6.94. The summed E-state index contributed by atoms with van der Waals surface area (Å²) in [4.78, 5) is 0. The molecule has 1 rings (SSSR count). The van der Waals surface area contributed by atoms with Crippen LogP contribution in [-0.2, 0) is 16.3 Å². The molecule has 3 nitrogen and oxygen atoms in total. The fourth-order valence-electron chi connectivity index (χ4n) is 2.36. The van der Waals surface area contributed by atoms with Crippen LogP contribution >= 0.6 is 0 Å². The Labute approximate surface area is 130 Å². The lowest BCUT2D eigenvalue weighted by Crippen LogP contribution is -2.30. The molecule has 1 aromatic carbocycles. The quantitative estimate of drug-likeness (QED) is 0.722. The molecule has 0 saturated carbocycles. The van der Waals surface area contributed by atoms with E-state index in [4.69, 9.17) is 0 Å². The maximum Gasteiger partial charge on any atom is 0.150 e.